The summed E-state index contributed by atoms with van der Waals surface area (Å²) in [7, 11) is 3.28. The molecule has 9 heteroatoms. The van der Waals surface area contributed by atoms with E-state index >= 15 is 0 Å². The molecular weight excluding hydrogens is 510 g/mol. The van der Waals surface area contributed by atoms with Crippen molar-refractivity contribution in [2.24, 2.45) is 16.9 Å². The molecule has 2 aromatic carbocycles. The lowest BCUT2D eigenvalue weighted by Crippen LogP contribution is -2.52. The van der Waals surface area contributed by atoms with E-state index in [2.05, 4.69) is 50.9 Å². The first-order valence-corrected chi connectivity index (χ1v) is 14.4. The summed E-state index contributed by atoms with van der Waals surface area (Å²) in [6, 6.07) is 14.6. The van der Waals surface area contributed by atoms with Crippen LogP contribution in [0, 0.1) is 11.8 Å². The summed E-state index contributed by atoms with van der Waals surface area (Å²) in [5, 5.41) is 13.0. The maximum absolute atomic E-state index is 13.7. The minimum atomic E-state index is -0.0694. The molecule has 3 aliphatic rings. The van der Waals surface area contributed by atoms with Crippen LogP contribution in [0.2, 0.25) is 0 Å². The third kappa shape index (κ3) is 5.21. The molecule has 0 spiro atoms. The number of carbonyl (C=O) groups excluding carboxylic acids is 1. The third-order valence-corrected chi connectivity index (χ3v) is 8.64. The SMILES string of the molecule is COc1ccc(C2=NN(C3CCN(Cc4ccc(-c5csnn5)cc4)CC3)C(=O)C3CC=CCC23)cc1OC. The smallest absolute Gasteiger partial charge is 0.247 e. The molecule has 0 N–H and O–H groups in total. The van der Waals surface area contributed by atoms with Crippen LogP contribution in [0.1, 0.15) is 36.8 Å². The van der Waals surface area contributed by atoms with Crippen LogP contribution in [0.4, 0.5) is 0 Å². The van der Waals surface area contributed by atoms with Gasteiger partial charge < -0.3 is 9.47 Å². The number of nitrogens with zero attached hydrogens (tertiary/aromatic N) is 5. The zero-order valence-electron chi connectivity index (χ0n) is 22.3. The molecule has 3 aromatic rings. The molecule has 0 bridgehead atoms. The highest BCUT2D eigenvalue weighted by Gasteiger charge is 2.42. The second-order valence-electron chi connectivity index (χ2n) is 10.4. The number of allylic oxidation sites excluding steroid dienone is 2. The van der Waals surface area contributed by atoms with E-state index in [1.54, 1.807) is 14.2 Å². The molecule has 2 atom stereocenters. The topological polar surface area (TPSA) is 80.2 Å². The number of piperidine rings is 1. The normalized spacial score (nSPS) is 21.9. The van der Waals surface area contributed by atoms with Crippen molar-refractivity contribution < 1.29 is 14.3 Å². The molecule has 202 valence electrons. The van der Waals surface area contributed by atoms with Crippen LogP contribution < -0.4 is 9.47 Å². The fourth-order valence-electron chi connectivity index (χ4n) is 5.98. The van der Waals surface area contributed by atoms with Gasteiger partial charge in [0.15, 0.2) is 11.5 Å². The summed E-state index contributed by atoms with van der Waals surface area (Å²) >= 11 is 1.37. The number of rotatable bonds is 7. The van der Waals surface area contributed by atoms with E-state index in [9.17, 15) is 4.79 Å². The van der Waals surface area contributed by atoms with E-state index < -0.39 is 0 Å². The Bertz CT molecular complexity index is 1360. The number of likely N-dealkylation sites (tertiary alicyclic amines) is 1. The first-order chi connectivity index (χ1) is 19.1. The average Bonchev–Trinajstić information content (AvgIpc) is 3.53. The van der Waals surface area contributed by atoms with Crippen molar-refractivity contribution in [2.75, 3.05) is 27.3 Å². The molecule has 39 heavy (non-hydrogen) atoms. The van der Waals surface area contributed by atoms with Crippen LogP contribution in [0.3, 0.4) is 0 Å². The van der Waals surface area contributed by atoms with Gasteiger partial charge in [0.25, 0.3) is 0 Å². The van der Waals surface area contributed by atoms with Crippen LogP contribution in [0.15, 0.2) is 65.1 Å². The Balaban J connectivity index is 1.17. The number of aromatic nitrogens is 2. The number of amides is 1. The number of ether oxygens (including phenoxy) is 2. The Morgan fingerprint density at radius 3 is 2.33 bits per heavy atom. The first-order valence-electron chi connectivity index (χ1n) is 13.5. The van der Waals surface area contributed by atoms with Crippen LogP contribution in [-0.4, -0.2) is 64.5 Å². The summed E-state index contributed by atoms with van der Waals surface area (Å²) < 4.78 is 15.0. The van der Waals surface area contributed by atoms with Gasteiger partial charge >= 0.3 is 0 Å². The molecule has 2 aliphatic heterocycles. The fourth-order valence-corrected chi connectivity index (χ4v) is 6.44. The number of hydrazone groups is 1. The van der Waals surface area contributed by atoms with Crippen molar-refractivity contribution >= 4 is 23.2 Å². The molecule has 8 nitrogen and oxygen atoms in total. The van der Waals surface area contributed by atoms with Gasteiger partial charge in [-0.15, -0.1) is 5.10 Å². The van der Waals surface area contributed by atoms with Crippen molar-refractivity contribution in [3.8, 4) is 22.8 Å². The third-order valence-electron chi connectivity index (χ3n) is 8.14. The lowest BCUT2D eigenvalue weighted by molar-refractivity contribution is -0.141. The zero-order valence-corrected chi connectivity index (χ0v) is 23.1. The van der Waals surface area contributed by atoms with Crippen LogP contribution in [0.5, 0.6) is 11.5 Å². The largest absolute Gasteiger partial charge is 0.493 e. The van der Waals surface area contributed by atoms with E-state index in [0.717, 1.165) is 67.9 Å². The van der Waals surface area contributed by atoms with Crippen LogP contribution >= 0.6 is 11.5 Å². The standard InChI is InChI=1S/C30H33N5O3S/c1-37-27-12-11-22(17-28(27)38-2)29-24-5-3-4-6-25(24)30(36)35(32-29)23-13-15-34(16-14-23)18-20-7-9-21(10-8-20)26-19-39-33-31-26/h3-4,7-12,17,19,23-25H,5-6,13-16,18H2,1-2H3. The summed E-state index contributed by atoms with van der Waals surface area (Å²) in [6.45, 7) is 2.76. The van der Waals surface area contributed by atoms with Crippen molar-refractivity contribution in [2.45, 2.75) is 38.3 Å². The molecule has 1 saturated heterocycles. The zero-order chi connectivity index (χ0) is 26.8. The quantitative estimate of drug-likeness (QED) is 0.390. The molecule has 1 aliphatic carbocycles. The second kappa shape index (κ2) is 11.3. The summed E-state index contributed by atoms with van der Waals surface area (Å²) in [5.41, 5.74) is 5.25. The summed E-state index contributed by atoms with van der Waals surface area (Å²) in [6.07, 6.45) is 7.73. The Labute approximate surface area is 233 Å². The minimum absolute atomic E-state index is 0.0694. The lowest BCUT2D eigenvalue weighted by Gasteiger charge is -2.42. The number of hydrogen-bond acceptors (Lipinski definition) is 8. The van der Waals surface area contributed by atoms with Gasteiger partial charge in [0, 0.05) is 42.1 Å². The monoisotopic (exact) mass is 543 g/mol. The number of hydrogen-bond donors (Lipinski definition) is 0. The van der Waals surface area contributed by atoms with Crippen molar-refractivity contribution in [1.82, 2.24) is 19.5 Å². The molecular formula is C30H33N5O3S. The van der Waals surface area contributed by atoms with Crippen molar-refractivity contribution in [1.29, 1.82) is 0 Å². The van der Waals surface area contributed by atoms with E-state index in [0.29, 0.717) is 11.5 Å². The Morgan fingerprint density at radius 1 is 0.923 bits per heavy atom. The second-order valence-corrected chi connectivity index (χ2v) is 11.0. The predicted octanol–water partition coefficient (Wildman–Crippen LogP) is 5.02. The van der Waals surface area contributed by atoms with Gasteiger partial charge in [-0.25, -0.2) is 5.01 Å². The molecule has 0 radical (unpaired) electrons. The average molecular weight is 544 g/mol. The molecule has 1 aromatic heterocycles. The molecule has 6 rings (SSSR count). The Hall–Kier alpha value is -3.56. The van der Waals surface area contributed by atoms with Crippen LogP contribution in [-0.2, 0) is 11.3 Å². The van der Waals surface area contributed by atoms with Gasteiger partial charge in [0.1, 0.15) is 5.69 Å². The maximum atomic E-state index is 13.7. The van der Waals surface area contributed by atoms with E-state index in [1.807, 2.05) is 28.6 Å². The highest BCUT2D eigenvalue weighted by atomic mass is 32.1. The molecule has 2 unspecified atom stereocenters. The predicted molar refractivity (Wildman–Crippen MR) is 152 cm³/mol. The highest BCUT2D eigenvalue weighted by molar-refractivity contribution is 7.03. The van der Waals surface area contributed by atoms with E-state index in [1.165, 1.54) is 17.1 Å². The summed E-state index contributed by atoms with van der Waals surface area (Å²) in [4.78, 5) is 16.1. The van der Waals surface area contributed by atoms with Gasteiger partial charge in [-0.05, 0) is 61.0 Å². The first kappa shape index (κ1) is 25.7. The number of fused-ring (bicyclic) bond motifs is 1. The van der Waals surface area contributed by atoms with Crippen molar-refractivity contribution in [3.63, 3.8) is 0 Å². The molecule has 1 fully saturated rings. The van der Waals surface area contributed by atoms with Gasteiger partial charge in [0.05, 0.1) is 31.9 Å². The molecule has 0 saturated carbocycles. The summed E-state index contributed by atoms with van der Waals surface area (Å²) in [5.74, 6) is 1.54. The fraction of sp³-hybridized carbons (Fsp3) is 0.400. The molecule has 3 heterocycles. The molecule has 1 amide bonds. The van der Waals surface area contributed by atoms with E-state index in [-0.39, 0.29) is 23.8 Å². The maximum Gasteiger partial charge on any atom is 0.247 e. The Kier molecular flexibility index (Phi) is 7.43. The van der Waals surface area contributed by atoms with Gasteiger partial charge in [-0.2, -0.15) is 5.10 Å². The minimum Gasteiger partial charge on any atom is -0.493 e. The van der Waals surface area contributed by atoms with E-state index in [4.69, 9.17) is 14.6 Å². The van der Waals surface area contributed by atoms with Gasteiger partial charge in [0.2, 0.25) is 5.91 Å². The number of benzene rings is 2. The highest BCUT2D eigenvalue weighted by Crippen LogP contribution is 2.38. The van der Waals surface area contributed by atoms with Crippen LogP contribution in [0.25, 0.3) is 11.3 Å². The number of carbonyl (C=O) groups is 1. The lowest BCUT2D eigenvalue weighted by atomic mass is 9.76. The van der Waals surface area contributed by atoms with Gasteiger partial charge in [-0.1, -0.05) is 40.9 Å². The van der Waals surface area contributed by atoms with Gasteiger partial charge in [-0.3, -0.25) is 9.69 Å². The Morgan fingerprint density at radius 2 is 1.64 bits per heavy atom. The van der Waals surface area contributed by atoms with Crippen molar-refractivity contribution in [3.05, 3.63) is 71.1 Å². The number of methoxy groups -OCH3 is 2.